The van der Waals surface area contributed by atoms with E-state index in [9.17, 15) is 9.59 Å². The minimum absolute atomic E-state index is 0.153. The fourth-order valence-corrected chi connectivity index (χ4v) is 3.17. The van der Waals surface area contributed by atoms with E-state index in [0.717, 1.165) is 6.42 Å². The Labute approximate surface area is 102 Å². The SMILES string of the molecule is CC(CN(C)C(=O)C1CC12CCCC2)C(=O)O. The number of hydrogen-bond acceptors (Lipinski definition) is 2. The second kappa shape index (κ2) is 4.31. The maximum absolute atomic E-state index is 12.2. The monoisotopic (exact) mass is 239 g/mol. The Hall–Kier alpha value is -1.06. The summed E-state index contributed by atoms with van der Waals surface area (Å²) in [5.74, 6) is -0.991. The van der Waals surface area contributed by atoms with Gasteiger partial charge in [-0.3, -0.25) is 9.59 Å². The Bertz CT molecular complexity index is 334. The molecule has 2 atom stereocenters. The molecule has 2 fully saturated rings. The van der Waals surface area contributed by atoms with E-state index in [0.29, 0.717) is 12.0 Å². The van der Waals surface area contributed by atoms with Crippen molar-refractivity contribution in [1.82, 2.24) is 4.90 Å². The van der Waals surface area contributed by atoms with Crippen molar-refractivity contribution >= 4 is 11.9 Å². The van der Waals surface area contributed by atoms with Crippen LogP contribution in [0.25, 0.3) is 0 Å². The van der Waals surface area contributed by atoms with Gasteiger partial charge >= 0.3 is 5.97 Å². The Kier molecular flexibility index (Phi) is 3.15. The van der Waals surface area contributed by atoms with E-state index in [2.05, 4.69) is 0 Å². The molecule has 2 aliphatic rings. The highest BCUT2D eigenvalue weighted by molar-refractivity contribution is 5.83. The average molecular weight is 239 g/mol. The molecule has 0 aromatic carbocycles. The van der Waals surface area contributed by atoms with Gasteiger partial charge in [-0.05, 0) is 24.7 Å². The molecule has 0 radical (unpaired) electrons. The van der Waals surface area contributed by atoms with Crippen molar-refractivity contribution in [3.63, 3.8) is 0 Å². The molecule has 2 saturated carbocycles. The first-order chi connectivity index (χ1) is 7.96. The van der Waals surface area contributed by atoms with Gasteiger partial charge in [0.15, 0.2) is 0 Å². The predicted molar refractivity (Wildman–Crippen MR) is 63.4 cm³/mol. The van der Waals surface area contributed by atoms with Crippen LogP contribution in [-0.2, 0) is 9.59 Å². The van der Waals surface area contributed by atoms with Gasteiger partial charge in [-0.1, -0.05) is 19.8 Å². The Balaban J connectivity index is 1.86. The highest BCUT2D eigenvalue weighted by Gasteiger charge is 2.59. The summed E-state index contributed by atoms with van der Waals surface area (Å²) in [5.41, 5.74) is 0.303. The summed E-state index contributed by atoms with van der Waals surface area (Å²) in [6, 6.07) is 0. The molecule has 0 heterocycles. The van der Waals surface area contributed by atoms with E-state index >= 15 is 0 Å². The largest absolute Gasteiger partial charge is 0.481 e. The zero-order valence-corrected chi connectivity index (χ0v) is 10.6. The first-order valence-electron chi connectivity index (χ1n) is 6.44. The van der Waals surface area contributed by atoms with Gasteiger partial charge in [0.05, 0.1) is 5.92 Å². The zero-order chi connectivity index (χ0) is 12.6. The molecule has 4 nitrogen and oxygen atoms in total. The standard InChI is InChI=1S/C13H21NO3/c1-9(12(16)17)8-14(2)11(15)10-7-13(10)5-3-4-6-13/h9-10H,3-8H2,1-2H3,(H,16,17). The fraction of sp³-hybridized carbons (Fsp3) is 0.846. The summed E-state index contributed by atoms with van der Waals surface area (Å²) in [5, 5.41) is 8.83. The van der Waals surface area contributed by atoms with Crippen LogP contribution in [0.5, 0.6) is 0 Å². The molecular formula is C13H21NO3. The highest BCUT2D eigenvalue weighted by atomic mass is 16.4. The van der Waals surface area contributed by atoms with Crippen LogP contribution in [0.15, 0.2) is 0 Å². The topological polar surface area (TPSA) is 57.6 Å². The normalized spacial score (nSPS) is 26.8. The third kappa shape index (κ3) is 2.31. The number of carboxylic acids is 1. The van der Waals surface area contributed by atoms with Crippen LogP contribution < -0.4 is 0 Å². The van der Waals surface area contributed by atoms with Crippen molar-refractivity contribution < 1.29 is 14.7 Å². The molecule has 96 valence electrons. The molecule has 0 saturated heterocycles. The van der Waals surface area contributed by atoms with E-state index in [1.165, 1.54) is 25.7 Å². The lowest BCUT2D eigenvalue weighted by Gasteiger charge is -2.20. The van der Waals surface area contributed by atoms with Crippen molar-refractivity contribution in [2.24, 2.45) is 17.3 Å². The molecule has 0 aliphatic heterocycles. The van der Waals surface area contributed by atoms with E-state index in [1.54, 1.807) is 18.9 Å². The molecular weight excluding hydrogens is 218 g/mol. The number of carbonyl (C=O) groups excluding carboxylic acids is 1. The van der Waals surface area contributed by atoms with Gasteiger partial charge in [-0.15, -0.1) is 0 Å². The summed E-state index contributed by atoms with van der Waals surface area (Å²) in [6.07, 6.45) is 5.90. The van der Waals surface area contributed by atoms with Crippen LogP contribution in [0.4, 0.5) is 0 Å². The molecule has 17 heavy (non-hydrogen) atoms. The second-order valence-electron chi connectivity index (χ2n) is 5.78. The van der Waals surface area contributed by atoms with Crippen LogP contribution in [0.3, 0.4) is 0 Å². The van der Waals surface area contributed by atoms with Gasteiger partial charge in [0.2, 0.25) is 5.91 Å². The Morgan fingerprint density at radius 2 is 2.00 bits per heavy atom. The molecule has 0 bridgehead atoms. The summed E-state index contributed by atoms with van der Waals surface area (Å²) in [4.78, 5) is 24.5. The van der Waals surface area contributed by atoms with Gasteiger partial charge < -0.3 is 10.0 Å². The van der Waals surface area contributed by atoms with E-state index < -0.39 is 11.9 Å². The molecule has 2 aliphatic carbocycles. The Morgan fingerprint density at radius 3 is 2.53 bits per heavy atom. The number of nitrogens with zero attached hydrogens (tertiary/aromatic N) is 1. The van der Waals surface area contributed by atoms with Crippen molar-refractivity contribution in [3.05, 3.63) is 0 Å². The zero-order valence-electron chi connectivity index (χ0n) is 10.6. The third-order valence-corrected chi connectivity index (χ3v) is 4.43. The summed E-state index contributed by atoms with van der Waals surface area (Å²) >= 11 is 0. The number of carboxylic acid groups (broad SMARTS) is 1. The molecule has 0 aromatic heterocycles. The van der Waals surface area contributed by atoms with Gasteiger partial charge in [-0.25, -0.2) is 0 Å². The van der Waals surface area contributed by atoms with Gasteiger partial charge in [0.1, 0.15) is 0 Å². The van der Waals surface area contributed by atoms with Crippen molar-refractivity contribution in [3.8, 4) is 0 Å². The van der Waals surface area contributed by atoms with E-state index in [4.69, 9.17) is 5.11 Å². The average Bonchev–Trinajstić information content (AvgIpc) is 2.74. The number of rotatable bonds is 4. The Morgan fingerprint density at radius 1 is 1.41 bits per heavy atom. The maximum Gasteiger partial charge on any atom is 0.308 e. The summed E-state index contributed by atoms with van der Waals surface area (Å²) < 4.78 is 0. The lowest BCUT2D eigenvalue weighted by molar-refractivity contribution is -0.143. The molecule has 4 heteroatoms. The highest BCUT2D eigenvalue weighted by Crippen LogP contribution is 2.63. The molecule has 1 amide bonds. The van der Waals surface area contributed by atoms with Crippen molar-refractivity contribution in [1.29, 1.82) is 0 Å². The first-order valence-corrected chi connectivity index (χ1v) is 6.44. The molecule has 2 unspecified atom stereocenters. The lowest BCUT2D eigenvalue weighted by Crippen LogP contribution is -2.35. The van der Waals surface area contributed by atoms with Crippen molar-refractivity contribution in [2.75, 3.05) is 13.6 Å². The summed E-state index contributed by atoms with van der Waals surface area (Å²) in [6.45, 7) is 1.96. The van der Waals surface area contributed by atoms with Crippen LogP contribution >= 0.6 is 0 Å². The molecule has 1 spiro atoms. The van der Waals surface area contributed by atoms with Gasteiger partial charge in [0, 0.05) is 19.5 Å². The number of carbonyl (C=O) groups is 2. The molecule has 0 aromatic rings. The smallest absolute Gasteiger partial charge is 0.308 e. The van der Waals surface area contributed by atoms with E-state index in [-0.39, 0.29) is 11.8 Å². The minimum atomic E-state index is -0.837. The first kappa shape index (κ1) is 12.4. The van der Waals surface area contributed by atoms with Gasteiger partial charge in [0.25, 0.3) is 0 Å². The van der Waals surface area contributed by atoms with Crippen LogP contribution in [0.1, 0.15) is 39.0 Å². The number of aliphatic carboxylic acids is 1. The predicted octanol–water partition coefficient (Wildman–Crippen LogP) is 1.75. The molecule has 1 N–H and O–H groups in total. The quantitative estimate of drug-likeness (QED) is 0.813. The molecule has 2 rings (SSSR count). The van der Waals surface area contributed by atoms with E-state index in [1.807, 2.05) is 0 Å². The lowest BCUT2D eigenvalue weighted by atomic mass is 10.0. The third-order valence-electron chi connectivity index (χ3n) is 4.43. The van der Waals surface area contributed by atoms with Crippen molar-refractivity contribution in [2.45, 2.75) is 39.0 Å². The minimum Gasteiger partial charge on any atom is -0.481 e. The van der Waals surface area contributed by atoms with Crippen LogP contribution in [-0.4, -0.2) is 35.5 Å². The number of hydrogen-bond donors (Lipinski definition) is 1. The van der Waals surface area contributed by atoms with Crippen LogP contribution in [0.2, 0.25) is 0 Å². The maximum atomic E-state index is 12.2. The van der Waals surface area contributed by atoms with Gasteiger partial charge in [-0.2, -0.15) is 0 Å². The fourth-order valence-electron chi connectivity index (χ4n) is 3.17. The van der Waals surface area contributed by atoms with Crippen LogP contribution in [0, 0.1) is 17.3 Å². The number of amides is 1. The second-order valence-corrected chi connectivity index (χ2v) is 5.78. The summed E-state index contributed by atoms with van der Waals surface area (Å²) in [7, 11) is 1.72.